The molecule has 0 bridgehead atoms. The van der Waals surface area contributed by atoms with E-state index in [9.17, 15) is 18.0 Å². The van der Waals surface area contributed by atoms with E-state index in [1.54, 1.807) is 13.8 Å². The molecule has 0 aliphatic heterocycles. The molecule has 4 nitrogen and oxygen atoms in total. The summed E-state index contributed by atoms with van der Waals surface area (Å²) in [5.41, 5.74) is -1.18. The summed E-state index contributed by atoms with van der Waals surface area (Å²) in [7, 11) is 0. The Kier molecular flexibility index (Phi) is 3.29. The number of ether oxygens (including phenoxy) is 1. The van der Waals surface area contributed by atoms with Crippen LogP contribution in [0.5, 0.6) is 0 Å². The number of hydrogen-bond donors (Lipinski definition) is 0. The monoisotopic (exact) mass is 292 g/mol. The van der Waals surface area contributed by atoms with Gasteiger partial charge < -0.3 is 4.74 Å². The summed E-state index contributed by atoms with van der Waals surface area (Å²) in [6, 6.07) is 0. The van der Waals surface area contributed by atoms with E-state index in [2.05, 4.69) is 4.98 Å². The number of fused-ring (bicyclic) bond motifs is 1. The predicted molar refractivity (Wildman–Crippen MR) is 63.5 cm³/mol. The zero-order valence-electron chi connectivity index (χ0n) is 10.5. The van der Waals surface area contributed by atoms with Crippen LogP contribution in [0.25, 0.3) is 4.96 Å². The lowest BCUT2D eigenvalue weighted by Crippen LogP contribution is -2.17. The first-order chi connectivity index (χ1) is 8.77. The number of hydrogen-bond acceptors (Lipinski definition) is 4. The van der Waals surface area contributed by atoms with Crippen LogP contribution in [0, 0.1) is 13.8 Å². The third kappa shape index (κ3) is 2.20. The van der Waals surface area contributed by atoms with Gasteiger partial charge in [-0.05, 0) is 20.8 Å². The van der Waals surface area contributed by atoms with Crippen LogP contribution in [-0.2, 0) is 10.9 Å². The molecule has 0 aliphatic carbocycles. The van der Waals surface area contributed by atoms with Crippen molar-refractivity contribution in [3.05, 3.63) is 22.0 Å². The second kappa shape index (κ2) is 4.52. The van der Waals surface area contributed by atoms with Crippen LogP contribution in [0.15, 0.2) is 0 Å². The molecule has 0 saturated heterocycles. The Morgan fingerprint density at radius 3 is 2.58 bits per heavy atom. The van der Waals surface area contributed by atoms with E-state index in [0.717, 1.165) is 16.2 Å². The van der Waals surface area contributed by atoms with Gasteiger partial charge in [-0.25, -0.2) is 9.78 Å². The first-order valence-corrected chi connectivity index (χ1v) is 6.31. The maximum absolute atomic E-state index is 12.9. The van der Waals surface area contributed by atoms with E-state index >= 15 is 0 Å². The number of nitrogens with zero attached hydrogens (tertiary/aromatic N) is 2. The molecule has 0 spiro atoms. The number of alkyl halides is 3. The third-order valence-corrected chi connectivity index (χ3v) is 3.73. The lowest BCUT2D eigenvalue weighted by atomic mass is 10.3. The molecule has 0 N–H and O–H groups in total. The average molecular weight is 292 g/mol. The molecule has 0 amide bonds. The molecule has 0 fully saturated rings. The van der Waals surface area contributed by atoms with Crippen LogP contribution in [-0.4, -0.2) is 22.0 Å². The zero-order chi connectivity index (χ0) is 14.4. The van der Waals surface area contributed by atoms with Crippen LogP contribution >= 0.6 is 11.3 Å². The van der Waals surface area contributed by atoms with Crippen molar-refractivity contribution >= 4 is 22.3 Å². The fourth-order valence-electron chi connectivity index (χ4n) is 1.73. The molecule has 2 rings (SSSR count). The van der Waals surface area contributed by atoms with Crippen molar-refractivity contribution in [1.29, 1.82) is 0 Å². The number of thiazole rings is 1. The Bertz CT molecular complexity index is 642. The maximum Gasteiger partial charge on any atom is 0.435 e. The van der Waals surface area contributed by atoms with E-state index in [1.807, 2.05) is 0 Å². The molecule has 0 radical (unpaired) electrons. The SMILES string of the molecule is CCOC(=O)c1c(C(F)(F)F)nc2sc(C)c(C)n12. The molecule has 0 saturated carbocycles. The molecule has 0 unspecified atom stereocenters. The van der Waals surface area contributed by atoms with E-state index < -0.39 is 23.5 Å². The predicted octanol–water partition coefficient (Wildman–Crippen LogP) is 3.21. The van der Waals surface area contributed by atoms with Gasteiger partial charge in [0.2, 0.25) is 0 Å². The normalized spacial score (nSPS) is 12.1. The van der Waals surface area contributed by atoms with Crippen molar-refractivity contribution in [1.82, 2.24) is 9.38 Å². The first-order valence-electron chi connectivity index (χ1n) is 5.50. The fourth-order valence-corrected chi connectivity index (χ4v) is 2.70. The summed E-state index contributed by atoms with van der Waals surface area (Å²) in [6.07, 6.45) is -4.69. The van der Waals surface area contributed by atoms with Gasteiger partial charge in [0.1, 0.15) is 0 Å². The molecule has 2 heterocycles. The summed E-state index contributed by atoms with van der Waals surface area (Å²) in [5, 5.41) is 0. The number of esters is 1. The van der Waals surface area contributed by atoms with E-state index in [0.29, 0.717) is 5.69 Å². The van der Waals surface area contributed by atoms with Gasteiger partial charge in [0.05, 0.1) is 6.61 Å². The third-order valence-electron chi connectivity index (χ3n) is 2.67. The largest absolute Gasteiger partial charge is 0.461 e. The van der Waals surface area contributed by atoms with Gasteiger partial charge in [-0.2, -0.15) is 13.2 Å². The number of carbonyl (C=O) groups is 1. The average Bonchev–Trinajstić information content (AvgIpc) is 2.77. The number of aromatic nitrogens is 2. The Balaban J connectivity index is 2.76. The van der Waals surface area contributed by atoms with Gasteiger partial charge in [-0.1, -0.05) is 0 Å². The van der Waals surface area contributed by atoms with Crippen LogP contribution in [0.3, 0.4) is 0 Å². The van der Waals surface area contributed by atoms with Gasteiger partial charge >= 0.3 is 12.1 Å². The van der Waals surface area contributed by atoms with Crippen LogP contribution < -0.4 is 0 Å². The van der Waals surface area contributed by atoms with Crippen LogP contribution in [0.1, 0.15) is 33.7 Å². The Labute approximate surface area is 110 Å². The number of carbonyl (C=O) groups excluding carboxylic acids is 1. The molecule has 2 aromatic heterocycles. The zero-order valence-corrected chi connectivity index (χ0v) is 11.3. The van der Waals surface area contributed by atoms with Gasteiger partial charge in [0.15, 0.2) is 16.3 Å². The second-order valence-corrected chi connectivity index (χ2v) is 5.07. The second-order valence-electron chi connectivity index (χ2n) is 3.89. The first kappa shape index (κ1) is 13.9. The summed E-state index contributed by atoms with van der Waals surface area (Å²) in [6.45, 7) is 4.95. The van der Waals surface area contributed by atoms with Crippen molar-refractivity contribution in [2.45, 2.75) is 26.9 Å². The highest BCUT2D eigenvalue weighted by molar-refractivity contribution is 7.17. The molecule has 0 aromatic carbocycles. The maximum atomic E-state index is 12.9. The van der Waals surface area contributed by atoms with Gasteiger partial charge in [-0.15, -0.1) is 11.3 Å². The minimum atomic E-state index is -4.69. The smallest absolute Gasteiger partial charge is 0.435 e. The molecule has 19 heavy (non-hydrogen) atoms. The molecule has 8 heteroatoms. The van der Waals surface area contributed by atoms with Gasteiger partial charge in [0.25, 0.3) is 0 Å². The molecule has 2 aromatic rings. The highest BCUT2D eigenvalue weighted by Crippen LogP contribution is 2.35. The fraction of sp³-hybridized carbons (Fsp3) is 0.455. The number of rotatable bonds is 2. The van der Waals surface area contributed by atoms with E-state index in [1.165, 1.54) is 11.3 Å². The molecule has 0 atom stereocenters. The summed E-state index contributed by atoms with van der Waals surface area (Å²) >= 11 is 1.11. The standard InChI is InChI=1S/C11H11F3N2O2S/c1-4-18-9(17)7-8(11(12,13)14)15-10-16(7)5(2)6(3)19-10/h4H2,1-3H3. The minimum absolute atomic E-state index is 0.00549. The summed E-state index contributed by atoms with van der Waals surface area (Å²) < 4.78 is 44.7. The highest BCUT2D eigenvalue weighted by Gasteiger charge is 2.41. The number of aryl methyl sites for hydroxylation is 2. The van der Waals surface area contributed by atoms with Crippen molar-refractivity contribution in [3.8, 4) is 0 Å². The number of imidazole rings is 1. The topological polar surface area (TPSA) is 43.6 Å². The quantitative estimate of drug-likeness (QED) is 0.798. The van der Waals surface area contributed by atoms with E-state index in [-0.39, 0.29) is 11.6 Å². The Morgan fingerprint density at radius 1 is 1.42 bits per heavy atom. The summed E-state index contributed by atoms with van der Waals surface area (Å²) in [5.74, 6) is -1.01. The highest BCUT2D eigenvalue weighted by atomic mass is 32.1. The van der Waals surface area contributed by atoms with Gasteiger partial charge in [0, 0.05) is 10.6 Å². The van der Waals surface area contributed by atoms with Crippen LogP contribution in [0.4, 0.5) is 13.2 Å². The lowest BCUT2D eigenvalue weighted by Gasteiger charge is -2.07. The van der Waals surface area contributed by atoms with E-state index in [4.69, 9.17) is 4.74 Å². The lowest BCUT2D eigenvalue weighted by molar-refractivity contribution is -0.141. The molecule has 0 aliphatic rings. The summed E-state index contributed by atoms with van der Waals surface area (Å²) in [4.78, 5) is 16.2. The van der Waals surface area contributed by atoms with Crippen molar-refractivity contribution in [3.63, 3.8) is 0 Å². The van der Waals surface area contributed by atoms with Crippen molar-refractivity contribution in [2.75, 3.05) is 6.61 Å². The minimum Gasteiger partial charge on any atom is -0.461 e. The van der Waals surface area contributed by atoms with Crippen molar-refractivity contribution in [2.24, 2.45) is 0 Å². The molecule has 104 valence electrons. The Hall–Kier alpha value is -1.57. The molecular formula is C11H11F3N2O2S. The van der Waals surface area contributed by atoms with Crippen LogP contribution in [0.2, 0.25) is 0 Å². The Morgan fingerprint density at radius 2 is 2.05 bits per heavy atom. The van der Waals surface area contributed by atoms with Gasteiger partial charge in [-0.3, -0.25) is 4.40 Å². The van der Waals surface area contributed by atoms with Crippen molar-refractivity contribution < 1.29 is 22.7 Å². The molecular weight excluding hydrogens is 281 g/mol. The number of halogens is 3.